The first kappa shape index (κ1) is 38.7. The van der Waals surface area contributed by atoms with E-state index in [1.807, 2.05) is 11.6 Å². The number of carbonyl (C=O) groups excluding carboxylic acids is 3. The van der Waals surface area contributed by atoms with Crippen LogP contribution in [0.3, 0.4) is 0 Å². The smallest absolute Gasteiger partial charge is 0.407 e. The molecule has 1 aliphatic rings. The van der Waals surface area contributed by atoms with Crippen molar-refractivity contribution in [3.05, 3.63) is 52.0 Å². The molecule has 3 amide bonds. The van der Waals surface area contributed by atoms with Gasteiger partial charge < -0.3 is 27.2 Å². The molecule has 2 heterocycles. The van der Waals surface area contributed by atoms with Crippen LogP contribution in [0.5, 0.6) is 0 Å². The summed E-state index contributed by atoms with van der Waals surface area (Å²) < 4.78 is 11.4. The number of benzene rings is 1. The maximum atomic E-state index is 13.1. The third-order valence-electron chi connectivity index (χ3n) is 8.19. The fourth-order valence-corrected chi connectivity index (χ4v) is 6.27. The largest absolute Gasteiger partial charge is 1.00 e. The van der Waals surface area contributed by atoms with Crippen LogP contribution in [-0.4, -0.2) is 55.2 Å². The van der Waals surface area contributed by atoms with Crippen molar-refractivity contribution in [3.63, 3.8) is 0 Å². The molecular weight excluding hydrogens is 610 g/mol. The number of unbranched alkanes of at least 4 members (excludes halogenated alkanes) is 15. The van der Waals surface area contributed by atoms with Gasteiger partial charge in [-0.2, -0.15) is 0 Å². The van der Waals surface area contributed by atoms with Crippen LogP contribution in [0.1, 0.15) is 135 Å². The molecule has 10 heteroatoms. The number of hydrogen-bond donors (Lipinski definition) is 1. The molecule has 0 saturated carbocycles. The summed E-state index contributed by atoms with van der Waals surface area (Å²) in [6.07, 6.45) is 22.9. The number of halogens is 1. The first-order valence-electron chi connectivity index (χ1n) is 17.0. The number of fused-ring (bicyclic) bond motifs is 1. The summed E-state index contributed by atoms with van der Waals surface area (Å²) >= 11 is 1.58. The highest BCUT2D eigenvalue weighted by Gasteiger charge is 2.40. The van der Waals surface area contributed by atoms with Gasteiger partial charge in [-0.05, 0) is 18.6 Å². The SMILES string of the molecule is CCCCCCCCCCCCCCCCCCOCC(COC(=O)NCCc1[nH+]ccs1)N1C(=O)c2ccccc2C1=O.[Cl-]. The Morgan fingerprint density at radius 3 is 1.87 bits per heavy atom. The van der Waals surface area contributed by atoms with E-state index < -0.39 is 12.1 Å². The number of alkyl carbamates (subject to hydrolysis) is 1. The van der Waals surface area contributed by atoms with E-state index >= 15 is 0 Å². The number of amides is 3. The van der Waals surface area contributed by atoms with Crippen LogP contribution in [0.2, 0.25) is 0 Å². The molecule has 2 aromatic rings. The lowest BCUT2D eigenvalue weighted by Gasteiger charge is -2.25. The Morgan fingerprint density at radius 1 is 0.822 bits per heavy atom. The number of aromatic nitrogens is 1. The zero-order chi connectivity index (χ0) is 31.2. The minimum absolute atomic E-state index is 0. The van der Waals surface area contributed by atoms with Crippen molar-refractivity contribution in [2.24, 2.45) is 0 Å². The van der Waals surface area contributed by atoms with Crippen LogP contribution >= 0.6 is 11.3 Å². The second kappa shape index (κ2) is 23.8. The number of thiazole rings is 1. The van der Waals surface area contributed by atoms with E-state index in [9.17, 15) is 14.4 Å². The van der Waals surface area contributed by atoms with E-state index in [1.165, 1.54) is 94.8 Å². The second-order valence-corrected chi connectivity index (χ2v) is 12.8. The summed E-state index contributed by atoms with van der Waals surface area (Å²) in [5.74, 6) is -0.752. The summed E-state index contributed by atoms with van der Waals surface area (Å²) in [4.78, 5) is 42.8. The Balaban J connectivity index is 0.00000705. The molecule has 0 radical (unpaired) electrons. The standard InChI is InChI=1S/C35H53N3O5S.ClH/c1-2-3-4-5-6-7-8-9-10-11-12-13-14-15-16-19-25-42-27-29(28-43-35(41)37-23-22-32-36-24-26-44-32)38-33(39)30-20-17-18-21-31(30)34(38)40;/h17-18,20-21,24,26,29H,2-16,19,22-23,25,27-28H2,1H3,(H,37,41);1H. The Labute approximate surface area is 280 Å². The first-order chi connectivity index (χ1) is 21.6. The number of aromatic amines is 1. The van der Waals surface area contributed by atoms with Crippen molar-refractivity contribution in [3.8, 4) is 0 Å². The number of H-pyrrole nitrogens is 1. The van der Waals surface area contributed by atoms with Gasteiger partial charge in [-0.25, -0.2) is 9.78 Å². The Morgan fingerprint density at radius 2 is 1.36 bits per heavy atom. The van der Waals surface area contributed by atoms with E-state index in [0.29, 0.717) is 30.7 Å². The van der Waals surface area contributed by atoms with Gasteiger partial charge in [-0.1, -0.05) is 127 Å². The molecule has 0 aliphatic carbocycles. The van der Waals surface area contributed by atoms with Gasteiger partial charge in [-0.3, -0.25) is 14.5 Å². The first-order valence-corrected chi connectivity index (χ1v) is 17.9. The molecule has 0 fully saturated rings. The van der Waals surface area contributed by atoms with Crippen molar-refractivity contribution >= 4 is 29.2 Å². The fraction of sp³-hybridized carbons (Fsp3) is 0.657. The van der Waals surface area contributed by atoms with Crippen molar-refractivity contribution in [1.29, 1.82) is 0 Å². The lowest BCUT2D eigenvalue weighted by molar-refractivity contribution is -0.382. The number of nitrogens with one attached hydrogen (secondary N) is 2. The maximum absolute atomic E-state index is 13.1. The van der Waals surface area contributed by atoms with Crippen molar-refractivity contribution in [2.75, 3.05) is 26.4 Å². The molecule has 1 atom stereocenters. The Kier molecular flexibility index (Phi) is 20.5. The Hall–Kier alpha value is -2.49. The Bertz CT molecular complexity index is 1070. The average molecular weight is 664 g/mol. The lowest BCUT2D eigenvalue weighted by Crippen LogP contribution is -3.00. The average Bonchev–Trinajstić information content (AvgIpc) is 3.64. The van der Waals surface area contributed by atoms with Crippen LogP contribution < -0.4 is 22.7 Å². The zero-order valence-electron chi connectivity index (χ0n) is 27.2. The van der Waals surface area contributed by atoms with Crippen molar-refractivity contribution < 1.29 is 41.2 Å². The van der Waals surface area contributed by atoms with E-state index in [-0.39, 0.29) is 37.4 Å². The van der Waals surface area contributed by atoms with Gasteiger partial charge in [0.25, 0.3) is 11.8 Å². The van der Waals surface area contributed by atoms with Crippen molar-refractivity contribution in [1.82, 2.24) is 10.2 Å². The van der Waals surface area contributed by atoms with Gasteiger partial charge >= 0.3 is 6.09 Å². The molecule has 252 valence electrons. The minimum atomic E-state index is -0.695. The molecule has 1 unspecified atom stereocenters. The highest BCUT2D eigenvalue weighted by molar-refractivity contribution is 7.09. The van der Waals surface area contributed by atoms with E-state index in [2.05, 4.69) is 17.2 Å². The number of ether oxygens (including phenoxy) is 2. The zero-order valence-corrected chi connectivity index (χ0v) is 28.7. The van der Waals surface area contributed by atoms with Crippen LogP contribution in [0.25, 0.3) is 0 Å². The second-order valence-electron chi connectivity index (χ2n) is 11.8. The number of carbonyl (C=O) groups is 3. The van der Waals surface area contributed by atoms with Gasteiger partial charge in [0.15, 0.2) is 6.20 Å². The molecule has 8 nitrogen and oxygen atoms in total. The highest BCUT2D eigenvalue weighted by atomic mass is 35.5. The monoisotopic (exact) mass is 663 g/mol. The predicted molar refractivity (Wildman–Crippen MR) is 175 cm³/mol. The van der Waals surface area contributed by atoms with Crippen LogP contribution in [0, 0.1) is 0 Å². The van der Waals surface area contributed by atoms with Crippen LogP contribution in [0.4, 0.5) is 4.79 Å². The molecule has 0 spiro atoms. The molecule has 2 N–H and O–H groups in total. The minimum Gasteiger partial charge on any atom is -1.00 e. The summed E-state index contributed by atoms with van der Waals surface area (Å²) in [6.45, 7) is 3.24. The third-order valence-corrected chi connectivity index (χ3v) is 9.07. The summed E-state index contributed by atoms with van der Waals surface area (Å²) in [7, 11) is 0. The quantitative estimate of drug-likeness (QED) is 0.122. The topological polar surface area (TPSA) is 99.1 Å². The van der Waals surface area contributed by atoms with E-state index in [1.54, 1.807) is 35.6 Å². The summed E-state index contributed by atoms with van der Waals surface area (Å²) in [5, 5.41) is 5.73. The van der Waals surface area contributed by atoms with Crippen LogP contribution in [-0.2, 0) is 15.9 Å². The highest BCUT2D eigenvalue weighted by Crippen LogP contribution is 2.25. The molecule has 1 aromatic heterocycles. The van der Waals surface area contributed by atoms with E-state index in [4.69, 9.17) is 9.47 Å². The van der Waals surface area contributed by atoms with Gasteiger partial charge in [0.2, 0.25) is 5.01 Å². The summed E-state index contributed by atoms with van der Waals surface area (Å²) in [5.41, 5.74) is 0.744. The van der Waals surface area contributed by atoms with Gasteiger partial charge in [0, 0.05) is 13.2 Å². The molecule has 0 bridgehead atoms. The molecule has 0 saturated heterocycles. The maximum Gasteiger partial charge on any atom is 0.407 e. The fourth-order valence-electron chi connectivity index (χ4n) is 5.62. The van der Waals surface area contributed by atoms with Gasteiger partial charge in [0.1, 0.15) is 6.61 Å². The molecule has 1 aliphatic heterocycles. The van der Waals surface area contributed by atoms with E-state index in [0.717, 1.165) is 17.8 Å². The normalized spacial score (nSPS) is 13.0. The number of hydrogen-bond acceptors (Lipinski definition) is 6. The summed E-state index contributed by atoms with van der Waals surface area (Å²) in [6, 6.07) is 6.09. The van der Waals surface area contributed by atoms with Gasteiger partial charge in [-0.15, -0.1) is 0 Å². The number of rotatable bonds is 25. The molecule has 3 rings (SSSR count). The molecule has 45 heavy (non-hydrogen) atoms. The molecular formula is C35H54ClN3O5S. The molecule has 1 aromatic carbocycles. The number of imide groups is 1. The number of nitrogens with zero attached hydrogens (tertiary/aromatic N) is 1. The van der Waals surface area contributed by atoms with Crippen LogP contribution in [0.15, 0.2) is 35.8 Å². The third kappa shape index (κ3) is 14.6. The predicted octanol–water partition coefficient (Wildman–Crippen LogP) is 4.78. The lowest BCUT2D eigenvalue weighted by atomic mass is 10.0. The van der Waals surface area contributed by atoms with Crippen molar-refractivity contribution in [2.45, 2.75) is 122 Å². The van der Waals surface area contributed by atoms with Gasteiger partial charge in [0.05, 0.1) is 35.6 Å².